The molecule has 2 rings (SSSR count). The summed E-state index contributed by atoms with van der Waals surface area (Å²) in [5, 5.41) is 15.3. The topological polar surface area (TPSA) is 70.9 Å². The van der Waals surface area contributed by atoms with E-state index in [9.17, 15) is 4.79 Å². The average Bonchev–Trinajstić information content (AvgIpc) is 2.79. The van der Waals surface area contributed by atoms with Crippen LogP contribution in [0.4, 0.5) is 0 Å². The minimum Gasteiger partial charge on any atom is -0.477 e. The lowest BCUT2D eigenvalue weighted by molar-refractivity contribution is 0.0690. The molecule has 0 spiro atoms. The van der Waals surface area contributed by atoms with Crippen molar-refractivity contribution in [1.29, 1.82) is 0 Å². The molecule has 5 nitrogen and oxygen atoms in total. The van der Waals surface area contributed by atoms with Gasteiger partial charge in [0.1, 0.15) is 5.69 Å². The monoisotopic (exact) mass is 219 g/mol. The normalized spacial score (nSPS) is 10.7. The van der Waals surface area contributed by atoms with E-state index in [4.69, 9.17) is 5.11 Å². The molecule has 0 aliphatic heterocycles. The summed E-state index contributed by atoms with van der Waals surface area (Å²) < 4.78 is 2.05. The predicted octanol–water partition coefficient (Wildman–Crippen LogP) is 1.73. The van der Waals surface area contributed by atoms with E-state index in [1.165, 1.54) is 0 Å². The molecule has 16 heavy (non-hydrogen) atoms. The standard InChI is InChI=1S/C11H13N3O2/c1-6-4-8(7(2)14(6)3)9-5-10(11(15)16)13-12-9/h4-5H,1-3H3,(H,12,13)(H,15,16). The van der Waals surface area contributed by atoms with Crippen LogP contribution in [0.3, 0.4) is 0 Å². The summed E-state index contributed by atoms with van der Waals surface area (Å²) in [5.41, 5.74) is 3.92. The number of hydrogen-bond acceptors (Lipinski definition) is 2. The molecule has 0 saturated carbocycles. The van der Waals surface area contributed by atoms with E-state index in [-0.39, 0.29) is 5.69 Å². The first-order chi connectivity index (χ1) is 7.50. The molecule has 0 fully saturated rings. The fraction of sp³-hybridized carbons (Fsp3) is 0.273. The maximum atomic E-state index is 10.7. The molecule has 2 N–H and O–H groups in total. The Morgan fingerprint density at radius 3 is 2.56 bits per heavy atom. The Hall–Kier alpha value is -2.04. The lowest BCUT2D eigenvalue weighted by Crippen LogP contribution is -1.95. The molecule has 2 aromatic heterocycles. The van der Waals surface area contributed by atoms with Crippen LogP contribution in [0.1, 0.15) is 21.9 Å². The van der Waals surface area contributed by atoms with Crippen molar-refractivity contribution in [3.63, 3.8) is 0 Å². The number of aryl methyl sites for hydroxylation is 1. The number of carboxylic acids is 1. The van der Waals surface area contributed by atoms with Crippen molar-refractivity contribution < 1.29 is 9.90 Å². The lowest BCUT2D eigenvalue weighted by atomic mass is 10.2. The Balaban J connectivity index is 2.50. The summed E-state index contributed by atoms with van der Waals surface area (Å²) >= 11 is 0. The Morgan fingerprint density at radius 1 is 1.44 bits per heavy atom. The zero-order chi connectivity index (χ0) is 11.9. The van der Waals surface area contributed by atoms with Gasteiger partial charge in [0.05, 0.1) is 5.69 Å². The summed E-state index contributed by atoms with van der Waals surface area (Å²) in [6, 6.07) is 3.54. The van der Waals surface area contributed by atoms with Gasteiger partial charge in [-0.1, -0.05) is 0 Å². The summed E-state index contributed by atoms with van der Waals surface area (Å²) in [7, 11) is 1.97. The van der Waals surface area contributed by atoms with Crippen molar-refractivity contribution in [3.05, 3.63) is 29.2 Å². The molecule has 0 atom stereocenters. The third kappa shape index (κ3) is 1.50. The van der Waals surface area contributed by atoms with Gasteiger partial charge in [0, 0.05) is 24.0 Å². The summed E-state index contributed by atoms with van der Waals surface area (Å²) in [6.07, 6.45) is 0. The molecular formula is C11H13N3O2. The van der Waals surface area contributed by atoms with Crippen LogP contribution in [-0.4, -0.2) is 25.8 Å². The van der Waals surface area contributed by atoms with Gasteiger partial charge in [-0.2, -0.15) is 5.10 Å². The first-order valence-corrected chi connectivity index (χ1v) is 4.92. The second-order valence-electron chi connectivity index (χ2n) is 3.82. The Kier molecular flexibility index (Phi) is 2.30. The first kappa shape index (κ1) is 10.5. The van der Waals surface area contributed by atoms with Crippen LogP contribution in [0, 0.1) is 13.8 Å². The van der Waals surface area contributed by atoms with Gasteiger partial charge in [0.25, 0.3) is 0 Å². The summed E-state index contributed by atoms with van der Waals surface area (Å²) in [4.78, 5) is 10.7. The number of nitrogens with one attached hydrogen (secondary N) is 1. The summed E-state index contributed by atoms with van der Waals surface area (Å²) in [5.74, 6) is -0.996. The van der Waals surface area contributed by atoms with Gasteiger partial charge in [-0.3, -0.25) is 5.10 Å². The number of H-pyrrole nitrogens is 1. The molecule has 0 saturated heterocycles. The Morgan fingerprint density at radius 2 is 2.12 bits per heavy atom. The lowest BCUT2D eigenvalue weighted by Gasteiger charge is -1.99. The molecule has 84 valence electrons. The van der Waals surface area contributed by atoms with Gasteiger partial charge >= 0.3 is 5.97 Å². The van der Waals surface area contributed by atoms with Crippen LogP contribution in [0.25, 0.3) is 11.3 Å². The highest BCUT2D eigenvalue weighted by Gasteiger charge is 2.13. The molecular weight excluding hydrogens is 206 g/mol. The summed E-state index contributed by atoms with van der Waals surface area (Å²) in [6.45, 7) is 3.98. The van der Waals surface area contributed by atoms with Gasteiger partial charge in [0.15, 0.2) is 0 Å². The third-order valence-corrected chi connectivity index (χ3v) is 2.86. The first-order valence-electron chi connectivity index (χ1n) is 4.92. The van der Waals surface area contributed by atoms with Crippen molar-refractivity contribution in [1.82, 2.24) is 14.8 Å². The highest BCUT2D eigenvalue weighted by atomic mass is 16.4. The fourth-order valence-corrected chi connectivity index (χ4v) is 1.68. The van der Waals surface area contributed by atoms with Crippen molar-refractivity contribution in [2.45, 2.75) is 13.8 Å². The number of nitrogens with zero attached hydrogens (tertiary/aromatic N) is 2. The van der Waals surface area contributed by atoms with Crippen molar-refractivity contribution in [2.24, 2.45) is 7.05 Å². The predicted molar refractivity (Wildman–Crippen MR) is 59.4 cm³/mol. The maximum absolute atomic E-state index is 10.7. The van der Waals surface area contributed by atoms with Gasteiger partial charge in [-0.15, -0.1) is 0 Å². The van der Waals surface area contributed by atoms with Gasteiger partial charge in [-0.25, -0.2) is 4.79 Å². The number of aromatic nitrogens is 3. The molecule has 0 amide bonds. The smallest absolute Gasteiger partial charge is 0.353 e. The van der Waals surface area contributed by atoms with Crippen LogP contribution < -0.4 is 0 Å². The molecule has 0 aliphatic carbocycles. The molecule has 0 aromatic carbocycles. The number of hydrogen-bond donors (Lipinski definition) is 2. The Bertz CT molecular complexity index is 552. The van der Waals surface area contributed by atoms with E-state index in [0.717, 1.165) is 17.0 Å². The maximum Gasteiger partial charge on any atom is 0.353 e. The van der Waals surface area contributed by atoms with E-state index < -0.39 is 5.97 Å². The van der Waals surface area contributed by atoms with E-state index in [1.807, 2.05) is 31.5 Å². The van der Waals surface area contributed by atoms with Crippen molar-refractivity contribution >= 4 is 5.97 Å². The quantitative estimate of drug-likeness (QED) is 0.808. The molecule has 0 bridgehead atoms. The minimum absolute atomic E-state index is 0.107. The van der Waals surface area contributed by atoms with E-state index in [0.29, 0.717) is 5.69 Å². The van der Waals surface area contributed by atoms with Gasteiger partial charge < -0.3 is 9.67 Å². The average molecular weight is 219 g/mol. The number of aromatic carboxylic acids is 1. The molecule has 2 aromatic rings. The second kappa shape index (κ2) is 3.52. The largest absolute Gasteiger partial charge is 0.477 e. The zero-order valence-corrected chi connectivity index (χ0v) is 9.40. The number of carboxylic acid groups (broad SMARTS) is 1. The van der Waals surface area contributed by atoms with Crippen LogP contribution in [0.2, 0.25) is 0 Å². The van der Waals surface area contributed by atoms with Crippen LogP contribution in [0.15, 0.2) is 12.1 Å². The van der Waals surface area contributed by atoms with Gasteiger partial charge in [-0.05, 0) is 26.0 Å². The molecule has 5 heteroatoms. The van der Waals surface area contributed by atoms with Crippen molar-refractivity contribution in [3.8, 4) is 11.3 Å². The molecule has 0 radical (unpaired) electrons. The van der Waals surface area contributed by atoms with Crippen LogP contribution in [0.5, 0.6) is 0 Å². The molecule has 0 unspecified atom stereocenters. The molecule has 0 aliphatic rings. The van der Waals surface area contributed by atoms with Crippen LogP contribution >= 0.6 is 0 Å². The van der Waals surface area contributed by atoms with E-state index in [2.05, 4.69) is 10.2 Å². The molecule has 2 heterocycles. The third-order valence-electron chi connectivity index (χ3n) is 2.86. The minimum atomic E-state index is -0.996. The highest BCUT2D eigenvalue weighted by molar-refractivity contribution is 5.87. The zero-order valence-electron chi connectivity index (χ0n) is 9.40. The highest BCUT2D eigenvalue weighted by Crippen LogP contribution is 2.24. The number of carbonyl (C=O) groups is 1. The van der Waals surface area contributed by atoms with Crippen molar-refractivity contribution in [2.75, 3.05) is 0 Å². The Labute approximate surface area is 92.7 Å². The van der Waals surface area contributed by atoms with Gasteiger partial charge in [0.2, 0.25) is 0 Å². The SMILES string of the molecule is Cc1cc(-c2cc(C(=O)O)[nH]n2)c(C)n1C. The van der Waals surface area contributed by atoms with E-state index in [1.54, 1.807) is 6.07 Å². The second-order valence-corrected chi connectivity index (χ2v) is 3.82. The van der Waals surface area contributed by atoms with E-state index >= 15 is 0 Å². The fourth-order valence-electron chi connectivity index (χ4n) is 1.68. The number of aromatic amines is 1. The van der Waals surface area contributed by atoms with Crippen LogP contribution in [-0.2, 0) is 7.05 Å². The number of rotatable bonds is 2.